The van der Waals surface area contributed by atoms with Gasteiger partial charge in [-0.15, -0.1) is 0 Å². The number of nitrogens with one attached hydrogen (secondary N) is 1. The Morgan fingerprint density at radius 3 is 2.44 bits per heavy atom. The van der Waals surface area contributed by atoms with Gasteiger partial charge in [-0.1, -0.05) is 42.5 Å². The molecule has 0 bridgehead atoms. The predicted octanol–water partition coefficient (Wildman–Crippen LogP) is 2.02. The van der Waals surface area contributed by atoms with Gasteiger partial charge in [-0.25, -0.2) is 0 Å². The number of nitrogens with two attached hydrogens (primary N) is 2. The molecular weight excluding hydrogens is 340 g/mol. The lowest BCUT2D eigenvalue weighted by atomic mass is 9.96. The van der Waals surface area contributed by atoms with E-state index in [1.807, 2.05) is 54.6 Å². The molecule has 1 aliphatic rings. The van der Waals surface area contributed by atoms with Gasteiger partial charge in [0, 0.05) is 18.2 Å². The smallest absolute Gasteiger partial charge is 0.245 e. The van der Waals surface area contributed by atoms with Crippen molar-refractivity contribution in [3.05, 3.63) is 65.7 Å². The molecule has 6 nitrogen and oxygen atoms in total. The van der Waals surface area contributed by atoms with E-state index in [2.05, 4.69) is 10.2 Å². The number of primary amides is 1. The van der Waals surface area contributed by atoms with Crippen LogP contribution in [0.5, 0.6) is 0 Å². The van der Waals surface area contributed by atoms with Gasteiger partial charge in [0.25, 0.3) is 0 Å². The molecular formula is C21H26N4O2. The number of carbonyl (C=O) groups excluding carboxylic acids is 2. The molecule has 1 heterocycles. The first kappa shape index (κ1) is 19.1. The third kappa shape index (κ3) is 5.15. The topological polar surface area (TPSA) is 101 Å². The Hall–Kier alpha value is -2.70. The monoisotopic (exact) mass is 366 g/mol. The van der Waals surface area contributed by atoms with Gasteiger partial charge >= 0.3 is 0 Å². The number of amides is 2. The van der Waals surface area contributed by atoms with Gasteiger partial charge in [0.1, 0.15) is 6.04 Å². The number of nitrogens with zero attached hydrogens (tertiary/aromatic N) is 1. The summed E-state index contributed by atoms with van der Waals surface area (Å²) < 4.78 is 0. The van der Waals surface area contributed by atoms with Crippen molar-refractivity contribution >= 4 is 17.5 Å². The highest BCUT2D eigenvalue weighted by molar-refractivity contribution is 5.95. The maximum atomic E-state index is 12.4. The van der Waals surface area contributed by atoms with Crippen molar-refractivity contribution in [3.8, 4) is 0 Å². The molecule has 2 aromatic carbocycles. The van der Waals surface area contributed by atoms with E-state index in [-0.39, 0.29) is 17.7 Å². The summed E-state index contributed by atoms with van der Waals surface area (Å²) in [7, 11) is 0. The van der Waals surface area contributed by atoms with Crippen LogP contribution in [-0.2, 0) is 16.1 Å². The summed E-state index contributed by atoms with van der Waals surface area (Å²) in [6.45, 7) is 2.48. The van der Waals surface area contributed by atoms with Gasteiger partial charge < -0.3 is 16.8 Å². The van der Waals surface area contributed by atoms with E-state index in [0.29, 0.717) is 0 Å². The van der Waals surface area contributed by atoms with Crippen molar-refractivity contribution < 1.29 is 9.59 Å². The van der Waals surface area contributed by atoms with Crippen molar-refractivity contribution in [2.24, 2.45) is 17.4 Å². The molecule has 6 heteroatoms. The molecule has 1 saturated heterocycles. The van der Waals surface area contributed by atoms with Gasteiger partial charge in [-0.2, -0.15) is 0 Å². The van der Waals surface area contributed by atoms with Crippen LogP contribution in [-0.4, -0.2) is 29.8 Å². The van der Waals surface area contributed by atoms with Crippen LogP contribution in [0.15, 0.2) is 54.6 Å². The van der Waals surface area contributed by atoms with Gasteiger partial charge in [0.05, 0.1) is 0 Å². The highest BCUT2D eigenvalue weighted by Gasteiger charge is 2.23. The molecule has 2 amide bonds. The molecule has 1 aliphatic heterocycles. The zero-order valence-electron chi connectivity index (χ0n) is 15.3. The van der Waals surface area contributed by atoms with Crippen molar-refractivity contribution in [2.45, 2.75) is 25.4 Å². The highest BCUT2D eigenvalue weighted by Crippen LogP contribution is 2.20. The van der Waals surface area contributed by atoms with E-state index in [0.717, 1.165) is 49.3 Å². The molecule has 1 fully saturated rings. The molecule has 27 heavy (non-hydrogen) atoms. The zero-order chi connectivity index (χ0) is 19.2. The standard InChI is InChI=1S/C21H26N4O2/c22-19(16-6-2-1-3-7-16)21(27)24-18-8-4-5-15(13-18)14-25-11-9-17(10-12-25)20(23)26/h1-8,13,17,19H,9-12,14,22H2,(H2,23,26)(H,24,27). The second kappa shape index (κ2) is 8.79. The van der Waals surface area contributed by atoms with E-state index in [1.165, 1.54) is 0 Å². The number of hydrogen-bond donors (Lipinski definition) is 3. The second-order valence-electron chi connectivity index (χ2n) is 7.03. The average Bonchev–Trinajstić information content (AvgIpc) is 2.68. The van der Waals surface area contributed by atoms with Crippen LogP contribution in [0.2, 0.25) is 0 Å². The van der Waals surface area contributed by atoms with E-state index in [4.69, 9.17) is 11.5 Å². The fraction of sp³-hybridized carbons (Fsp3) is 0.333. The zero-order valence-corrected chi connectivity index (χ0v) is 15.3. The maximum Gasteiger partial charge on any atom is 0.245 e. The summed E-state index contributed by atoms with van der Waals surface area (Å²) in [5.74, 6) is -0.443. The van der Waals surface area contributed by atoms with Crippen LogP contribution in [0, 0.1) is 5.92 Å². The van der Waals surface area contributed by atoms with Crippen LogP contribution in [0.4, 0.5) is 5.69 Å². The lowest BCUT2D eigenvalue weighted by molar-refractivity contribution is -0.123. The van der Waals surface area contributed by atoms with Gasteiger partial charge in [-0.3, -0.25) is 14.5 Å². The first-order chi connectivity index (χ1) is 13.0. The Kier molecular flexibility index (Phi) is 6.21. The number of benzene rings is 2. The van der Waals surface area contributed by atoms with E-state index < -0.39 is 6.04 Å². The Labute approximate surface area is 159 Å². The molecule has 0 spiro atoms. The van der Waals surface area contributed by atoms with Crippen LogP contribution in [0.3, 0.4) is 0 Å². The lowest BCUT2D eigenvalue weighted by Crippen LogP contribution is -2.38. The minimum absolute atomic E-state index is 0.00801. The minimum Gasteiger partial charge on any atom is -0.369 e. The summed E-state index contributed by atoms with van der Waals surface area (Å²) in [6.07, 6.45) is 1.61. The average molecular weight is 366 g/mol. The Morgan fingerprint density at radius 2 is 1.78 bits per heavy atom. The first-order valence-electron chi connectivity index (χ1n) is 9.25. The maximum absolute atomic E-state index is 12.4. The van der Waals surface area contributed by atoms with Crippen LogP contribution in [0.1, 0.15) is 30.0 Å². The highest BCUT2D eigenvalue weighted by atomic mass is 16.2. The summed E-state index contributed by atoms with van der Waals surface area (Å²) in [6, 6.07) is 16.4. The largest absolute Gasteiger partial charge is 0.369 e. The van der Waals surface area contributed by atoms with Crippen molar-refractivity contribution in [1.29, 1.82) is 0 Å². The quantitative estimate of drug-likeness (QED) is 0.728. The number of likely N-dealkylation sites (tertiary alicyclic amines) is 1. The van der Waals surface area contributed by atoms with Crippen molar-refractivity contribution in [2.75, 3.05) is 18.4 Å². The number of carbonyl (C=O) groups is 2. The molecule has 2 aromatic rings. The van der Waals surface area contributed by atoms with E-state index >= 15 is 0 Å². The fourth-order valence-corrected chi connectivity index (χ4v) is 3.41. The van der Waals surface area contributed by atoms with Gasteiger partial charge in [-0.05, 0) is 49.2 Å². The normalized spacial score (nSPS) is 16.6. The summed E-state index contributed by atoms with van der Waals surface area (Å²) in [4.78, 5) is 26.0. The molecule has 1 atom stereocenters. The molecule has 3 rings (SSSR count). The number of rotatable bonds is 6. The molecule has 142 valence electrons. The molecule has 0 aliphatic carbocycles. The Morgan fingerprint density at radius 1 is 1.07 bits per heavy atom. The molecule has 0 radical (unpaired) electrons. The predicted molar refractivity (Wildman–Crippen MR) is 106 cm³/mol. The third-order valence-electron chi connectivity index (χ3n) is 5.03. The second-order valence-corrected chi connectivity index (χ2v) is 7.03. The van der Waals surface area contributed by atoms with Crippen LogP contribution in [0.25, 0.3) is 0 Å². The van der Waals surface area contributed by atoms with Gasteiger partial charge in [0.2, 0.25) is 11.8 Å². The summed E-state index contributed by atoms with van der Waals surface area (Å²) in [5, 5.41) is 2.90. The summed E-state index contributed by atoms with van der Waals surface area (Å²) in [5.41, 5.74) is 14.1. The minimum atomic E-state index is -0.706. The Balaban J connectivity index is 1.57. The number of piperidine rings is 1. The van der Waals surface area contributed by atoms with E-state index in [1.54, 1.807) is 0 Å². The first-order valence-corrected chi connectivity index (χ1v) is 9.25. The van der Waals surface area contributed by atoms with Crippen molar-refractivity contribution in [1.82, 2.24) is 4.90 Å². The van der Waals surface area contributed by atoms with Crippen LogP contribution < -0.4 is 16.8 Å². The molecule has 0 aromatic heterocycles. The van der Waals surface area contributed by atoms with Gasteiger partial charge in [0.15, 0.2) is 0 Å². The number of hydrogen-bond acceptors (Lipinski definition) is 4. The third-order valence-corrected chi connectivity index (χ3v) is 5.03. The molecule has 1 unspecified atom stereocenters. The SMILES string of the molecule is NC(=O)C1CCN(Cc2cccc(NC(=O)C(N)c3ccccc3)c2)CC1. The summed E-state index contributed by atoms with van der Waals surface area (Å²) >= 11 is 0. The van der Waals surface area contributed by atoms with E-state index in [9.17, 15) is 9.59 Å². The fourth-order valence-electron chi connectivity index (χ4n) is 3.41. The molecule has 0 saturated carbocycles. The van der Waals surface area contributed by atoms with Crippen molar-refractivity contribution in [3.63, 3.8) is 0 Å². The number of anilines is 1. The Bertz CT molecular complexity index is 786. The van der Waals surface area contributed by atoms with Crippen LogP contribution >= 0.6 is 0 Å². The lowest BCUT2D eigenvalue weighted by Gasteiger charge is -2.30. The molecule has 5 N–H and O–H groups in total.